The normalized spacial score (nSPS) is 19.7. The van der Waals surface area contributed by atoms with Crippen molar-refractivity contribution in [2.45, 2.75) is 6.42 Å². The average molecular weight is 280 g/mol. The van der Waals surface area contributed by atoms with Gasteiger partial charge in [-0.3, -0.25) is 0 Å². The van der Waals surface area contributed by atoms with Gasteiger partial charge in [0.15, 0.2) is 0 Å². The highest BCUT2D eigenvalue weighted by molar-refractivity contribution is 5.96. The molecular weight excluding hydrogens is 264 g/mol. The van der Waals surface area contributed by atoms with Crippen LogP contribution in [0.3, 0.4) is 0 Å². The number of hydrogen-bond acceptors (Lipinski definition) is 3. The summed E-state index contributed by atoms with van der Waals surface area (Å²) >= 11 is 0. The van der Waals surface area contributed by atoms with Crippen molar-refractivity contribution < 1.29 is 14.6 Å². The van der Waals surface area contributed by atoms with Gasteiger partial charge in [0, 0.05) is 17.1 Å². The van der Waals surface area contributed by atoms with Crippen LogP contribution in [0.2, 0.25) is 0 Å². The fourth-order valence-corrected chi connectivity index (χ4v) is 2.54. The van der Waals surface area contributed by atoms with Crippen LogP contribution in [-0.2, 0) is 16.0 Å². The quantitative estimate of drug-likeness (QED) is 0.693. The third-order valence-electron chi connectivity index (χ3n) is 3.66. The second-order valence-electron chi connectivity index (χ2n) is 5.14. The number of carbonyl (C=O) groups excluding carboxylic acids is 1. The van der Waals surface area contributed by atoms with Crippen molar-refractivity contribution in [2.75, 3.05) is 6.61 Å². The Kier molecular flexibility index (Phi) is 3.73. The molecule has 0 aliphatic carbocycles. The van der Waals surface area contributed by atoms with Crippen molar-refractivity contribution in [2.24, 2.45) is 5.92 Å². The molecule has 1 atom stereocenters. The highest BCUT2D eigenvalue weighted by atomic mass is 16.5. The van der Waals surface area contributed by atoms with Crippen molar-refractivity contribution in [1.29, 1.82) is 0 Å². The summed E-state index contributed by atoms with van der Waals surface area (Å²) in [5.74, 6) is -0.0955. The van der Waals surface area contributed by atoms with Gasteiger partial charge in [-0.25, -0.2) is 4.79 Å². The van der Waals surface area contributed by atoms with E-state index in [0.29, 0.717) is 17.7 Å². The van der Waals surface area contributed by atoms with E-state index in [1.54, 1.807) is 24.3 Å². The molecule has 0 unspecified atom stereocenters. The summed E-state index contributed by atoms with van der Waals surface area (Å²) in [6.45, 7) is 0.396. The predicted molar refractivity (Wildman–Crippen MR) is 80.7 cm³/mol. The maximum atomic E-state index is 11.9. The predicted octanol–water partition coefficient (Wildman–Crippen LogP) is 3.19. The summed E-state index contributed by atoms with van der Waals surface area (Å²) in [7, 11) is 0. The van der Waals surface area contributed by atoms with Gasteiger partial charge < -0.3 is 9.84 Å². The maximum Gasteiger partial charge on any atom is 0.334 e. The van der Waals surface area contributed by atoms with E-state index in [9.17, 15) is 9.90 Å². The fourth-order valence-electron chi connectivity index (χ4n) is 2.54. The summed E-state index contributed by atoms with van der Waals surface area (Å²) in [6, 6.07) is 17.0. The first-order valence-corrected chi connectivity index (χ1v) is 6.94. The molecule has 1 aliphatic heterocycles. The van der Waals surface area contributed by atoms with Crippen LogP contribution in [0, 0.1) is 5.92 Å². The topological polar surface area (TPSA) is 46.5 Å². The molecule has 1 N–H and O–H groups in total. The number of benzene rings is 2. The van der Waals surface area contributed by atoms with Crippen LogP contribution in [0.1, 0.15) is 11.1 Å². The maximum absolute atomic E-state index is 11.9. The van der Waals surface area contributed by atoms with E-state index in [-0.39, 0.29) is 17.6 Å². The number of ether oxygens (including phenoxy) is 1. The molecule has 3 nitrogen and oxygen atoms in total. The zero-order valence-electron chi connectivity index (χ0n) is 11.5. The third kappa shape index (κ3) is 2.97. The molecule has 1 fully saturated rings. The van der Waals surface area contributed by atoms with E-state index in [2.05, 4.69) is 0 Å². The lowest BCUT2D eigenvalue weighted by Gasteiger charge is -2.08. The van der Waals surface area contributed by atoms with Gasteiger partial charge in [0.2, 0.25) is 0 Å². The van der Waals surface area contributed by atoms with Gasteiger partial charge in [-0.15, -0.1) is 0 Å². The van der Waals surface area contributed by atoms with Crippen molar-refractivity contribution >= 4 is 12.0 Å². The molecule has 3 rings (SSSR count). The van der Waals surface area contributed by atoms with Crippen LogP contribution in [-0.4, -0.2) is 17.7 Å². The van der Waals surface area contributed by atoms with Crippen LogP contribution in [0.15, 0.2) is 60.2 Å². The van der Waals surface area contributed by atoms with E-state index in [1.165, 1.54) is 5.56 Å². The van der Waals surface area contributed by atoms with Crippen LogP contribution in [0.25, 0.3) is 6.08 Å². The average Bonchev–Trinajstić information content (AvgIpc) is 2.84. The number of hydrogen-bond donors (Lipinski definition) is 1. The van der Waals surface area contributed by atoms with Crippen LogP contribution in [0.4, 0.5) is 0 Å². The summed E-state index contributed by atoms with van der Waals surface area (Å²) in [5, 5.41) is 9.84. The Labute approximate surface area is 123 Å². The number of aromatic hydroxyl groups is 1. The van der Waals surface area contributed by atoms with E-state index < -0.39 is 0 Å². The van der Waals surface area contributed by atoms with Crippen molar-refractivity contribution in [3.8, 4) is 5.75 Å². The number of carbonyl (C=O) groups is 1. The lowest BCUT2D eigenvalue weighted by molar-refractivity contribution is -0.135. The lowest BCUT2D eigenvalue weighted by Crippen LogP contribution is -2.07. The van der Waals surface area contributed by atoms with Crippen LogP contribution >= 0.6 is 0 Å². The smallest absolute Gasteiger partial charge is 0.334 e. The molecule has 1 aliphatic rings. The molecule has 2 aromatic carbocycles. The molecule has 0 aromatic heterocycles. The minimum absolute atomic E-state index is 0.0273. The Bertz CT molecular complexity index is 674. The van der Waals surface area contributed by atoms with Crippen molar-refractivity contribution in [1.82, 2.24) is 0 Å². The minimum atomic E-state index is -0.292. The number of para-hydroxylation sites is 1. The van der Waals surface area contributed by atoms with Gasteiger partial charge in [0.1, 0.15) is 5.75 Å². The first-order chi connectivity index (χ1) is 10.2. The first kappa shape index (κ1) is 13.4. The minimum Gasteiger partial charge on any atom is -0.507 e. The molecule has 1 saturated heterocycles. The molecule has 3 heteroatoms. The van der Waals surface area contributed by atoms with E-state index in [0.717, 1.165) is 6.42 Å². The number of phenolic OH excluding ortho intramolecular Hbond substituents is 1. The Morgan fingerprint density at radius 3 is 2.57 bits per heavy atom. The molecule has 1 heterocycles. The zero-order valence-corrected chi connectivity index (χ0v) is 11.5. The van der Waals surface area contributed by atoms with Crippen LogP contribution < -0.4 is 0 Å². The summed E-state index contributed by atoms with van der Waals surface area (Å²) in [6.07, 6.45) is 2.49. The molecule has 21 heavy (non-hydrogen) atoms. The molecule has 0 amide bonds. The van der Waals surface area contributed by atoms with Gasteiger partial charge in [0.25, 0.3) is 0 Å². The fraction of sp³-hybridized carbons (Fsp3) is 0.167. The van der Waals surface area contributed by atoms with Gasteiger partial charge in [-0.1, -0.05) is 48.5 Å². The van der Waals surface area contributed by atoms with E-state index in [1.807, 2.05) is 36.4 Å². The highest BCUT2D eigenvalue weighted by Gasteiger charge is 2.30. The monoisotopic (exact) mass is 280 g/mol. The largest absolute Gasteiger partial charge is 0.507 e. The number of esters is 1. The molecule has 0 bridgehead atoms. The van der Waals surface area contributed by atoms with Crippen molar-refractivity contribution in [3.05, 3.63) is 71.3 Å². The van der Waals surface area contributed by atoms with Gasteiger partial charge in [-0.2, -0.15) is 0 Å². The van der Waals surface area contributed by atoms with E-state index >= 15 is 0 Å². The molecule has 0 saturated carbocycles. The van der Waals surface area contributed by atoms with E-state index in [4.69, 9.17) is 4.74 Å². The number of cyclic esters (lactones) is 1. The first-order valence-electron chi connectivity index (χ1n) is 6.94. The molecule has 0 radical (unpaired) electrons. The number of phenols is 1. The summed E-state index contributed by atoms with van der Waals surface area (Å²) < 4.78 is 5.17. The second kappa shape index (κ2) is 5.83. The highest BCUT2D eigenvalue weighted by Crippen LogP contribution is 2.29. The molecular formula is C18H16O3. The van der Waals surface area contributed by atoms with Gasteiger partial charge in [0.05, 0.1) is 6.61 Å². The lowest BCUT2D eigenvalue weighted by atomic mass is 9.92. The van der Waals surface area contributed by atoms with Crippen LogP contribution in [0.5, 0.6) is 5.75 Å². The summed E-state index contributed by atoms with van der Waals surface area (Å²) in [4.78, 5) is 11.9. The van der Waals surface area contributed by atoms with Gasteiger partial charge in [-0.05, 0) is 24.1 Å². The SMILES string of the molecule is O=C1OC[C@H](Cc2ccccc2)/C1=C\c1ccccc1O. The zero-order chi connectivity index (χ0) is 14.7. The molecule has 106 valence electrons. The second-order valence-corrected chi connectivity index (χ2v) is 5.14. The number of rotatable bonds is 3. The van der Waals surface area contributed by atoms with Crippen molar-refractivity contribution in [3.63, 3.8) is 0 Å². The standard InChI is InChI=1S/C18H16O3/c19-17-9-5-4-8-14(17)11-16-15(12-21-18(16)20)10-13-6-2-1-3-7-13/h1-9,11,15,19H,10,12H2/b16-11+/t15-/m0/s1. The summed E-state index contributed by atoms with van der Waals surface area (Å²) in [5.41, 5.74) is 2.44. The Balaban J connectivity index is 1.88. The Morgan fingerprint density at radius 2 is 1.81 bits per heavy atom. The third-order valence-corrected chi connectivity index (χ3v) is 3.66. The Morgan fingerprint density at radius 1 is 1.10 bits per heavy atom. The van der Waals surface area contributed by atoms with Gasteiger partial charge >= 0.3 is 5.97 Å². The Hall–Kier alpha value is -2.55. The molecule has 0 spiro atoms. The molecule has 2 aromatic rings.